The molecule has 1 atom stereocenters. The highest BCUT2D eigenvalue weighted by Gasteiger charge is 2.22. The summed E-state index contributed by atoms with van der Waals surface area (Å²) in [5.41, 5.74) is 1.79. The summed E-state index contributed by atoms with van der Waals surface area (Å²) >= 11 is 0. The number of aromatic amines is 1. The summed E-state index contributed by atoms with van der Waals surface area (Å²) in [6.45, 7) is 5.65. The van der Waals surface area contributed by atoms with Crippen molar-refractivity contribution in [2.75, 3.05) is 19.7 Å². The molecule has 0 amide bonds. The standard InChI is InChI=1S/C18H21N5O2/c1-13-8-19-23(9-13)11-14-10-22(6-7-25-14)12-17-20-16-5-3-2-4-15(16)18(24)21-17/h2-5,8-9,14H,6-7,10-12H2,1H3,(H,20,21,24)/t14-/m0/s1. The molecule has 0 unspecified atom stereocenters. The van der Waals surface area contributed by atoms with Crippen LogP contribution in [0.5, 0.6) is 0 Å². The number of ether oxygens (including phenoxy) is 1. The van der Waals surface area contributed by atoms with E-state index >= 15 is 0 Å². The molecule has 4 rings (SSSR count). The van der Waals surface area contributed by atoms with E-state index in [4.69, 9.17) is 4.74 Å². The van der Waals surface area contributed by atoms with Crippen molar-refractivity contribution in [3.63, 3.8) is 0 Å². The van der Waals surface area contributed by atoms with Gasteiger partial charge in [0, 0.05) is 19.3 Å². The Morgan fingerprint density at radius 1 is 1.36 bits per heavy atom. The predicted molar refractivity (Wildman–Crippen MR) is 94.3 cm³/mol. The van der Waals surface area contributed by atoms with Crippen molar-refractivity contribution in [1.82, 2.24) is 24.6 Å². The first-order valence-corrected chi connectivity index (χ1v) is 8.48. The minimum Gasteiger partial charge on any atom is -0.374 e. The normalized spacial score (nSPS) is 18.7. The van der Waals surface area contributed by atoms with Crippen LogP contribution in [0.1, 0.15) is 11.4 Å². The quantitative estimate of drug-likeness (QED) is 0.776. The predicted octanol–water partition coefficient (Wildman–Crippen LogP) is 1.33. The molecule has 7 heteroatoms. The van der Waals surface area contributed by atoms with Crippen LogP contribution in [0, 0.1) is 6.92 Å². The molecule has 0 radical (unpaired) electrons. The highest BCUT2D eigenvalue weighted by Crippen LogP contribution is 2.12. The smallest absolute Gasteiger partial charge is 0.258 e. The fourth-order valence-corrected chi connectivity index (χ4v) is 3.23. The number of fused-ring (bicyclic) bond motifs is 1. The highest BCUT2D eigenvalue weighted by atomic mass is 16.5. The third-order valence-corrected chi connectivity index (χ3v) is 4.41. The SMILES string of the molecule is Cc1cnn(C[C@@H]2CN(Cc3nc4ccccc4c(=O)[nH]3)CCO2)c1. The van der Waals surface area contributed by atoms with E-state index in [2.05, 4.69) is 20.0 Å². The van der Waals surface area contributed by atoms with Gasteiger partial charge in [-0.15, -0.1) is 0 Å². The third-order valence-electron chi connectivity index (χ3n) is 4.41. The van der Waals surface area contributed by atoms with Crippen LogP contribution in [0.4, 0.5) is 0 Å². The first-order chi connectivity index (χ1) is 12.2. The molecule has 7 nitrogen and oxygen atoms in total. The van der Waals surface area contributed by atoms with Gasteiger partial charge < -0.3 is 9.72 Å². The van der Waals surface area contributed by atoms with E-state index < -0.39 is 0 Å². The summed E-state index contributed by atoms with van der Waals surface area (Å²) < 4.78 is 7.77. The van der Waals surface area contributed by atoms with Gasteiger partial charge in [0.25, 0.3) is 5.56 Å². The van der Waals surface area contributed by atoms with E-state index in [0.29, 0.717) is 24.4 Å². The first-order valence-electron chi connectivity index (χ1n) is 8.48. The zero-order chi connectivity index (χ0) is 17.2. The van der Waals surface area contributed by atoms with Gasteiger partial charge in [-0.1, -0.05) is 12.1 Å². The number of hydrogen-bond acceptors (Lipinski definition) is 5. The Morgan fingerprint density at radius 3 is 3.08 bits per heavy atom. The molecule has 0 saturated carbocycles. The van der Waals surface area contributed by atoms with Crippen LogP contribution in [-0.4, -0.2) is 50.4 Å². The minimum absolute atomic E-state index is 0.0835. The van der Waals surface area contributed by atoms with Gasteiger partial charge in [-0.25, -0.2) is 4.98 Å². The second-order valence-electron chi connectivity index (χ2n) is 6.50. The topological polar surface area (TPSA) is 76.0 Å². The van der Waals surface area contributed by atoms with Crippen LogP contribution >= 0.6 is 0 Å². The molecule has 1 aromatic carbocycles. The molecule has 25 heavy (non-hydrogen) atoms. The van der Waals surface area contributed by atoms with Crippen LogP contribution in [0.3, 0.4) is 0 Å². The number of nitrogens with one attached hydrogen (secondary N) is 1. The van der Waals surface area contributed by atoms with Gasteiger partial charge in [0.15, 0.2) is 0 Å². The molecular weight excluding hydrogens is 318 g/mol. The molecule has 130 valence electrons. The molecule has 1 saturated heterocycles. The molecule has 2 aromatic heterocycles. The number of rotatable bonds is 4. The number of para-hydroxylation sites is 1. The Hall–Kier alpha value is -2.51. The minimum atomic E-state index is -0.0857. The molecule has 1 aliphatic rings. The van der Waals surface area contributed by atoms with Crippen LogP contribution in [-0.2, 0) is 17.8 Å². The number of H-pyrrole nitrogens is 1. The molecule has 1 N–H and O–H groups in total. The summed E-state index contributed by atoms with van der Waals surface area (Å²) in [5.74, 6) is 0.694. The average molecular weight is 339 g/mol. The largest absolute Gasteiger partial charge is 0.374 e. The van der Waals surface area contributed by atoms with Gasteiger partial charge in [-0.3, -0.25) is 14.4 Å². The summed E-state index contributed by atoms with van der Waals surface area (Å²) in [6.07, 6.45) is 3.95. The van der Waals surface area contributed by atoms with Gasteiger partial charge in [-0.2, -0.15) is 5.10 Å². The van der Waals surface area contributed by atoms with Gasteiger partial charge in [-0.05, 0) is 24.6 Å². The zero-order valence-corrected chi connectivity index (χ0v) is 14.2. The van der Waals surface area contributed by atoms with E-state index in [1.54, 1.807) is 6.07 Å². The summed E-state index contributed by atoms with van der Waals surface area (Å²) in [7, 11) is 0. The lowest BCUT2D eigenvalue weighted by Gasteiger charge is -2.32. The highest BCUT2D eigenvalue weighted by molar-refractivity contribution is 5.77. The van der Waals surface area contributed by atoms with Gasteiger partial charge in [0.2, 0.25) is 0 Å². The van der Waals surface area contributed by atoms with Crippen molar-refractivity contribution in [2.45, 2.75) is 26.1 Å². The van der Waals surface area contributed by atoms with Crippen molar-refractivity contribution in [3.8, 4) is 0 Å². The van der Waals surface area contributed by atoms with E-state index in [1.807, 2.05) is 42.2 Å². The average Bonchev–Trinajstić information content (AvgIpc) is 3.00. The number of benzene rings is 1. The lowest BCUT2D eigenvalue weighted by molar-refractivity contribution is -0.0409. The van der Waals surface area contributed by atoms with Crippen LogP contribution < -0.4 is 5.56 Å². The van der Waals surface area contributed by atoms with Crippen molar-refractivity contribution < 1.29 is 4.74 Å². The van der Waals surface area contributed by atoms with Crippen molar-refractivity contribution in [2.24, 2.45) is 0 Å². The van der Waals surface area contributed by atoms with E-state index in [-0.39, 0.29) is 11.7 Å². The maximum atomic E-state index is 12.2. The molecular formula is C18H21N5O2. The summed E-state index contributed by atoms with van der Waals surface area (Å²) in [5, 5.41) is 4.95. The summed E-state index contributed by atoms with van der Waals surface area (Å²) in [4.78, 5) is 21.9. The second kappa shape index (κ2) is 6.78. The van der Waals surface area contributed by atoms with E-state index in [1.165, 1.54) is 0 Å². The summed E-state index contributed by atoms with van der Waals surface area (Å²) in [6, 6.07) is 7.41. The molecule has 0 bridgehead atoms. The van der Waals surface area contributed by atoms with Gasteiger partial charge in [0.1, 0.15) is 5.82 Å². The first kappa shape index (κ1) is 16.0. The monoisotopic (exact) mass is 339 g/mol. The van der Waals surface area contributed by atoms with Crippen LogP contribution in [0.2, 0.25) is 0 Å². The zero-order valence-electron chi connectivity index (χ0n) is 14.2. The number of hydrogen-bond donors (Lipinski definition) is 1. The van der Waals surface area contributed by atoms with Crippen molar-refractivity contribution in [1.29, 1.82) is 0 Å². The number of morpholine rings is 1. The Kier molecular flexibility index (Phi) is 4.33. The fraction of sp³-hybridized carbons (Fsp3) is 0.389. The van der Waals surface area contributed by atoms with Crippen molar-refractivity contribution in [3.05, 3.63) is 58.4 Å². The van der Waals surface area contributed by atoms with Gasteiger partial charge >= 0.3 is 0 Å². The maximum absolute atomic E-state index is 12.2. The Bertz CT molecular complexity index is 932. The number of aromatic nitrogens is 4. The fourth-order valence-electron chi connectivity index (χ4n) is 3.23. The van der Waals surface area contributed by atoms with Gasteiger partial charge in [0.05, 0.1) is 42.9 Å². The molecule has 1 fully saturated rings. The Balaban J connectivity index is 1.46. The Morgan fingerprint density at radius 2 is 2.24 bits per heavy atom. The second-order valence-corrected chi connectivity index (χ2v) is 6.50. The lowest BCUT2D eigenvalue weighted by Crippen LogP contribution is -2.44. The number of aryl methyl sites for hydroxylation is 1. The molecule has 1 aliphatic heterocycles. The molecule has 0 aliphatic carbocycles. The molecule has 0 spiro atoms. The van der Waals surface area contributed by atoms with Crippen LogP contribution in [0.25, 0.3) is 10.9 Å². The third kappa shape index (κ3) is 3.62. The molecule has 3 aromatic rings. The molecule has 3 heterocycles. The number of nitrogens with zero attached hydrogens (tertiary/aromatic N) is 4. The maximum Gasteiger partial charge on any atom is 0.258 e. The Labute approximate surface area is 145 Å². The van der Waals surface area contributed by atoms with Crippen LogP contribution in [0.15, 0.2) is 41.5 Å². The van der Waals surface area contributed by atoms with E-state index in [0.717, 1.165) is 30.7 Å². The van der Waals surface area contributed by atoms with Crippen molar-refractivity contribution >= 4 is 10.9 Å². The lowest BCUT2D eigenvalue weighted by atomic mass is 10.2. The van der Waals surface area contributed by atoms with E-state index in [9.17, 15) is 4.79 Å².